The van der Waals surface area contributed by atoms with Crippen molar-refractivity contribution in [1.82, 2.24) is 0 Å². The summed E-state index contributed by atoms with van der Waals surface area (Å²) in [7, 11) is 1.63. The first-order valence-corrected chi connectivity index (χ1v) is 11.4. The van der Waals surface area contributed by atoms with Crippen LogP contribution in [0.4, 0.5) is 11.4 Å². The van der Waals surface area contributed by atoms with Gasteiger partial charge < -0.3 is 14.5 Å². The van der Waals surface area contributed by atoms with Crippen LogP contribution in [0.25, 0.3) is 0 Å². The Kier molecular flexibility index (Phi) is 6.50. The Bertz CT molecular complexity index is 1160. The van der Waals surface area contributed by atoms with Crippen LogP contribution >= 0.6 is 0 Å². The lowest BCUT2D eigenvalue weighted by Gasteiger charge is -2.43. The molecule has 0 unspecified atom stereocenters. The molecule has 1 aliphatic rings. The van der Waals surface area contributed by atoms with Crippen molar-refractivity contribution in [3.63, 3.8) is 0 Å². The molecule has 0 N–H and O–H groups in total. The predicted octanol–water partition coefficient (Wildman–Crippen LogP) is 5.93. The molecule has 33 heavy (non-hydrogen) atoms. The van der Waals surface area contributed by atoms with Crippen LogP contribution in [0, 0.1) is 6.92 Å². The van der Waals surface area contributed by atoms with Gasteiger partial charge >= 0.3 is 0 Å². The Hall–Kier alpha value is -3.60. The standard InChI is InChI=1S/C28H30N2O3/c1-5-27(31)30(22-11-7-6-8-12-22)25-18-20(3)29(24-14-10-9-13-23(24)25)28(32)21-15-16-26(33-4)19(2)17-21/h6-17,20,25H,5,18H2,1-4H3/t20-,25+/m1/s1. The van der Waals surface area contributed by atoms with Crippen LogP contribution in [-0.4, -0.2) is 25.0 Å². The number of hydrogen-bond donors (Lipinski definition) is 0. The molecule has 0 bridgehead atoms. The largest absolute Gasteiger partial charge is 0.496 e. The van der Waals surface area contributed by atoms with Gasteiger partial charge in [-0.1, -0.05) is 43.3 Å². The van der Waals surface area contributed by atoms with E-state index in [1.165, 1.54) is 0 Å². The van der Waals surface area contributed by atoms with Crippen molar-refractivity contribution >= 4 is 23.2 Å². The lowest BCUT2D eigenvalue weighted by Crippen LogP contribution is -2.47. The number of carbonyl (C=O) groups is 2. The smallest absolute Gasteiger partial charge is 0.258 e. The van der Waals surface area contributed by atoms with Crippen molar-refractivity contribution in [3.8, 4) is 5.75 Å². The highest BCUT2D eigenvalue weighted by Gasteiger charge is 2.38. The molecule has 3 aromatic carbocycles. The number of benzene rings is 3. The van der Waals surface area contributed by atoms with E-state index in [1.807, 2.05) is 96.4 Å². The van der Waals surface area contributed by atoms with Crippen LogP contribution in [0.15, 0.2) is 72.8 Å². The third-order valence-corrected chi connectivity index (χ3v) is 6.34. The summed E-state index contributed by atoms with van der Waals surface area (Å²) >= 11 is 0. The summed E-state index contributed by atoms with van der Waals surface area (Å²) in [4.78, 5) is 30.5. The Balaban J connectivity index is 1.77. The van der Waals surface area contributed by atoms with E-state index in [4.69, 9.17) is 4.74 Å². The summed E-state index contributed by atoms with van der Waals surface area (Å²) in [5.41, 5.74) is 4.26. The van der Waals surface area contributed by atoms with Crippen molar-refractivity contribution in [1.29, 1.82) is 0 Å². The predicted molar refractivity (Wildman–Crippen MR) is 132 cm³/mol. The van der Waals surface area contributed by atoms with E-state index < -0.39 is 0 Å². The molecule has 0 saturated heterocycles. The molecule has 5 heteroatoms. The number of amides is 2. The van der Waals surface area contributed by atoms with Crippen LogP contribution in [0.3, 0.4) is 0 Å². The molecule has 5 nitrogen and oxygen atoms in total. The first-order valence-electron chi connectivity index (χ1n) is 11.4. The normalized spacial score (nSPS) is 17.3. The van der Waals surface area contributed by atoms with Gasteiger partial charge in [0.25, 0.3) is 5.91 Å². The van der Waals surface area contributed by atoms with Gasteiger partial charge in [0.2, 0.25) is 5.91 Å². The highest BCUT2D eigenvalue weighted by Crippen LogP contribution is 2.43. The zero-order valence-corrected chi connectivity index (χ0v) is 19.6. The molecule has 3 aromatic rings. The van der Waals surface area contributed by atoms with Crippen LogP contribution in [0.1, 0.15) is 54.2 Å². The molecule has 0 aliphatic carbocycles. The molecule has 0 saturated carbocycles. The van der Waals surface area contributed by atoms with E-state index >= 15 is 0 Å². The number of para-hydroxylation sites is 2. The lowest BCUT2D eigenvalue weighted by atomic mass is 9.89. The number of fused-ring (bicyclic) bond motifs is 1. The van der Waals surface area contributed by atoms with Gasteiger partial charge in [0.1, 0.15) is 5.75 Å². The minimum absolute atomic E-state index is 0.0489. The highest BCUT2D eigenvalue weighted by molar-refractivity contribution is 6.08. The molecular weight excluding hydrogens is 412 g/mol. The molecule has 1 heterocycles. The van der Waals surface area contributed by atoms with Crippen molar-refractivity contribution in [2.24, 2.45) is 0 Å². The number of ether oxygens (including phenoxy) is 1. The molecule has 170 valence electrons. The summed E-state index contributed by atoms with van der Waals surface area (Å²) in [6, 6.07) is 23.0. The van der Waals surface area contributed by atoms with E-state index in [2.05, 4.69) is 6.92 Å². The summed E-state index contributed by atoms with van der Waals surface area (Å²) < 4.78 is 5.36. The topological polar surface area (TPSA) is 49.9 Å². The average Bonchev–Trinajstić information content (AvgIpc) is 2.84. The fourth-order valence-corrected chi connectivity index (χ4v) is 4.74. The Morgan fingerprint density at radius 2 is 1.73 bits per heavy atom. The molecule has 2 amide bonds. The van der Waals surface area contributed by atoms with E-state index in [0.29, 0.717) is 18.4 Å². The maximum Gasteiger partial charge on any atom is 0.258 e. The van der Waals surface area contributed by atoms with Crippen molar-refractivity contribution in [2.45, 2.75) is 45.7 Å². The van der Waals surface area contributed by atoms with Gasteiger partial charge in [-0.15, -0.1) is 0 Å². The zero-order chi connectivity index (χ0) is 23.5. The van der Waals surface area contributed by atoms with E-state index in [1.54, 1.807) is 7.11 Å². The molecular formula is C28H30N2O3. The Labute approximate surface area is 195 Å². The lowest BCUT2D eigenvalue weighted by molar-refractivity contribution is -0.118. The molecule has 0 spiro atoms. The molecule has 2 atom stereocenters. The minimum atomic E-state index is -0.146. The number of anilines is 2. The van der Waals surface area contributed by atoms with Gasteiger partial charge in [-0.25, -0.2) is 0 Å². The second kappa shape index (κ2) is 9.49. The molecule has 4 rings (SSSR count). The van der Waals surface area contributed by atoms with Gasteiger partial charge in [0.15, 0.2) is 0 Å². The van der Waals surface area contributed by atoms with Crippen LogP contribution in [0.5, 0.6) is 5.75 Å². The van der Waals surface area contributed by atoms with E-state index in [9.17, 15) is 9.59 Å². The Morgan fingerprint density at radius 1 is 1.03 bits per heavy atom. The van der Waals surface area contributed by atoms with Crippen LogP contribution < -0.4 is 14.5 Å². The van der Waals surface area contributed by atoms with Gasteiger partial charge in [0, 0.05) is 29.4 Å². The highest BCUT2D eigenvalue weighted by atomic mass is 16.5. The first kappa shape index (κ1) is 22.6. The van der Waals surface area contributed by atoms with Crippen molar-refractivity contribution in [3.05, 3.63) is 89.5 Å². The van der Waals surface area contributed by atoms with Gasteiger partial charge in [0.05, 0.1) is 13.2 Å². The monoisotopic (exact) mass is 442 g/mol. The maximum absolute atomic E-state index is 13.7. The van der Waals surface area contributed by atoms with Crippen molar-refractivity contribution in [2.75, 3.05) is 16.9 Å². The first-order chi connectivity index (χ1) is 16.0. The third-order valence-electron chi connectivity index (χ3n) is 6.34. The summed E-state index contributed by atoms with van der Waals surface area (Å²) in [5.74, 6) is 0.779. The SMILES string of the molecule is CCC(=O)N(c1ccccc1)[C@H]1C[C@@H](C)N(C(=O)c2ccc(OC)c(C)c2)c2ccccc21. The number of carbonyl (C=O) groups excluding carboxylic acids is 2. The number of hydrogen-bond acceptors (Lipinski definition) is 3. The number of aryl methyl sites for hydroxylation is 1. The third kappa shape index (κ3) is 4.23. The van der Waals surface area contributed by atoms with Crippen molar-refractivity contribution < 1.29 is 14.3 Å². The quantitative estimate of drug-likeness (QED) is 0.492. The van der Waals surface area contributed by atoms with Crippen LogP contribution in [-0.2, 0) is 4.79 Å². The molecule has 0 fully saturated rings. The van der Waals surface area contributed by atoms with Crippen LogP contribution in [0.2, 0.25) is 0 Å². The molecule has 0 aromatic heterocycles. The summed E-state index contributed by atoms with van der Waals surface area (Å²) in [5, 5.41) is 0. The number of nitrogens with zero attached hydrogens (tertiary/aromatic N) is 2. The number of methoxy groups -OCH3 is 1. The van der Waals surface area contributed by atoms with E-state index in [0.717, 1.165) is 28.3 Å². The second-order valence-corrected chi connectivity index (χ2v) is 8.47. The fourth-order valence-electron chi connectivity index (χ4n) is 4.74. The zero-order valence-electron chi connectivity index (χ0n) is 19.6. The van der Waals surface area contributed by atoms with Gasteiger partial charge in [-0.05, 0) is 67.8 Å². The maximum atomic E-state index is 13.7. The minimum Gasteiger partial charge on any atom is -0.496 e. The Morgan fingerprint density at radius 3 is 2.39 bits per heavy atom. The summed E-state index contributed by atoms with van der Waals surface area (Å²) in [6.45, 7) is 5.88. The molecule has 1 aliphatic heterocycles. The van der Waals surface area contributed by atoms with Gasteiger partial charge in [-0.3, -0.25) is 9.59 Å². The summed E-state index contributed by atoms with van der Waals surface area (Å²) in [6.07, 6.45) is 1.06. The number of rotatable bonds is 5. The second-order valence-electron chi connectivity index (χ2n) is 8.47. The fraction of sp³-hybridized carbons (Fsp3) is 0.286. The van der Waals surface area contributed by atoms with Gasteiger partial charge in [-0.2, -0.15) is 0 Å². The molecule has 0 radical (unpaired) electrons. The average molecular weight is 443 g/mol. The van der Waals surface area contributed by atoms with E-state index in [-0.39, 0.29) is 23.9 Å².